The highest BCUT2D eigenvalue weighted by Gasteiger charge is 2.52. The minimum atomic E-state index is -4.53. The fourth-order valence-corrected chi connectivity index (χ4v) is 5.72. The largest absolute Gasteiger partial charge is 0.416 e. The zero-order chi connectivity index (χ0) is 25.3. The van der Waals surface area contributed by atoms with E-state index in [1.54, 1.807) is 0 Å². The van der Waals surface area contributed by atoms with Gasteiger partial charge in [0, 0.05) is 30.7 Å². The predicted molar refractivity (Wildman–Crippen MR) is 130 cm³/mol. The Morgan fingerprint density at radius 3 is 2.31 bits per heavy atom. The summed E-state index contributed by atoms with van der Waals surface area (Å²) in [7, 11) is 0. The maximum absolute atomic E-state index is 13.0. The van der Waals surface area contributed by atoms with Crippen LogP contribution in [-0.2, 0) is 11.0 Å². The van der Waals surface area contributed by atoms with Crippen molar-refractivity contribution in [1.82, 2.24) is 15.5 Å². The average molecular weight is 500 g/mol. The molecule has 1 heterocycles. The van der Waals surface area contributed by atoms with Crippen LogP contribution >= 0.6 is 0 Å². The molecule has 2 amide bonds. The lowest BCUT2D eigenvalue weighted by molar-refractivity contribution is -0.137. The van der Waals surface area contributed by atoms with Crippen LogP contribution in [0.4, 0.5) is 13.2 Å². The monoisotopic (exact) mass is 499 g/mol. The van der Waals surface area contributed by atoms with E-state index < -0.39 is 23.2 Å². The normalized spacial score (nSPS) is 25.8. The Morgan fingerprint density at radius 1 is 0.917 bits per heavy atom. The molecule has 2 aliphatic carbocycles. The molecule has 1 unspecified atom stereocenters. The van der Waals surface area contributed by atoms with Crippen molar-refractivity contribution in [3.63, 3.8) is 0 Å². The predicted octanol–water partition coefficient (Wildman–Crippen LogP) is 4.88. The number of nitrogens with one attached hydrogen (secondary N) is 2. The minimum Gasteiger partial charge on any atom is -0.350 e. The number of carbonyl (C=O) groups excluding carboxylic acids is 2. The van der Waals surface area contributed by atoms with Crippen molar-refractivity contribution in [2.45, 2.75) is 74.7 Å². The molecule has 5 rings (SSSR count). The smallest absolute Gasteiger partial charge is 0.350 e. The zero-order valence-electron chi connectivity index (χ0n) is 20.2. The Balaban J connectivity index is 1.11. The number of likely N-dealkylation sites (tertiary alicyclic amines) is 1. The van der Waals surface area contributed by atoms with Gasteiger partial charge < -0.3 is 10.6 Å². The Labute approximate surface area is 209 Å². The molecule has 192 valence electrons. The molecule has 0 radical (unpaired) electrons. The quantitative estimate of drug-likeness (QED) is 0.595. The van der Waals surface area contributed by atoms with Crippen LogP contribution in [0.5, 0.6) is 0 Å². The molecular formula is C28H32F3N3O2. The highest BCUT2D eigenvalue weighted by atomic mass is 19.4. The van der Waals surface area contributed by atoms with Crippen molar-refractivity contribution in [2.75, 3.05) is 13.1 Å². The van der Waals surface area contributed by atoms with Crippen LogP contribution < -0.4 is 10.6 Å². The second kappa shape index (κ2) is 9.88. The van der Waals surface area contributed by atoms with Gasteiger partial charge in [0.15, 0.2) is 0 Å². The molecule has 1 saturated heterocycles. The lowest BCUT2D eigenvalue weighted by atomic mass is 9.81. The van der Waals surface area contributed by atoms with Crippen LogP contribution in [-0.4, -0.2) is 47.4 Å². The Hall–Kier alpha value is -2.87. The third-order valence-corrected chi connectivity index (χ3v) is 8.03. The molecule has 36 heavy (non-hydrogen) atoms. The number of benzene rings is 2. The topological polar surface area (TPSA) is 61.4 Å². The van der Waals surface area contributed by atoms with Gasteiger partial charge in [-0.15, -0.1) is 0 Å². The van der Waals surface area contributed by atoms with Gasteiger partial charge in [0.05, 0.1) is 5.56 Å². The number of rotatable bonds is 6. The van der Waals surface area contributed by atoms with E-state index in [0.29, 0.717) is 24.8 Å². The number of carbonyl (C=O) groups is 2. The minimum absolute atomic E-state index is 0.0206. The van der Waals surface area contributed by atoms with Gasteiger partial charge in [-0.25, -0.2) is 0 Å². The van der Waals surface area contributed by atoms with Crippen molar-refractivity contribution >= 4 is 11.8 Å². The highest BCUT2D eigenvalue weighted by Crippen LogP contribution is 2.38. The van der Waals surface area contributed by atoms with Crippen molar-refractivity contribution in [1.29, 1.82) is 0 Å². The van der Waals surface area contributed by atoms with Gasteiger partial charge in [-0.1, -0.05) is 36.4 Å². The molecule has 1 atom stereocenters. The lowest BCUT2D eigenvalue weighted by Gasteiger charge is -2.35. The van der Waals surface area contributed by atoms with E-state index in [2.05, 4.69) is 45.9 Å². The molecule has 3 aliphatic rings. The van der Waals surface area contributed by atoms with Gasteiger partial charge in [-0.2, -0.15) is 13.2 Å². The van der Waals surface area contributed by atoms with Crippen LogP contribution in [0.1, 0.15) is 72.3 Å². The van der Waals surface area contributed by atoms with Crippen molar-refractivity contribution in [3.05, 3.63) is 71.3 Å². The number of amides is 2. The van der Waals surface area contributed by atoms with Crippen LogP contribution in [0, 0.1) is 0 Å². The van der Waals surface area contributed by atoms with E-state index in [1.165, 1.54) is 30.5 Å². The van der Waals surface area contributed by atoms with Crippen LogP contribution in [0.15, 0.2) is 54.6 Å². The molecule has 8 heteroatoms. The van der Waals surface area contributed by atoms with Crippen LogP contribution in [0.3, 0.4) is 0 Å². The van der Waals surface area contributed by atoms with E-state index in [0.717, 1.165) is 44.5 Å². The fourth-order valence-electron chi connectivity index (χ4n) is 5.72. The maximum Gasteiger partial charge on any atom is 0.416 e. The second-order valence-electron chi connectivity index (χ2n) is 10.5. The molecular weight excluding hydrogens is 467 g/mol. The second-order valence-corrected chi connectivity index (χ2v) is 10.5. The number of alkyl halides is 3. The highest BCUT2D eigenvalue weighted by molar-refractivity contribution is 6.00. The summed E-state index contributed by atoms with van der Waals surface area (Å²) in [5, 5.41) is 5.80. The maximum atomic E-state index is 13.0. The summed E-state index contributed by atoms with van der Waals surface area (Å²) in [5.74, 6) is -0.268. The van der Waals surface area contributed by atoms with E-state index in [4.69, 9.17) is 0 Å². The first-order chi connectivity index (χ1) is 17.2. The van der Waals surface area contributed by atoms with E-state index in [1.807, 2.05) is 0 Å². The number of hydrogen-bond donors (Lipinski definition) is 2. The molecule has 5 nitrogen and oxygen atoms in total. The Bertz CT molecular complexity index is 1090. The van der Waals surface area contributed by atoms with Crippen molar-refractivity contribution in [3.8, 4) is 0 Å². The summed E-state index contributed by atoms with van der Waals surface area (Å²) in [5.41, 5.74) is -0.577. The number of halogens is 3. The molecule has 0 bridgehead atoms. The van der Waals surface area contributed by atoms with Crippen LogP contribution in [0.2, 0.25) is 0 Å². The van der Waals surface area contributed by atoms with Gasteiger partial charge in [0.2, 0.25) is 5.91 Å². The van der Waals surface area contributed by atoms with Gasteiger partial charge in [0.1, 0.15) is 5.54 Å². The molecule has 0 spiro atoms. The van der Waals surface area contributed by atoms with E-state index in [9.17, 15) is 22.8 Å². The summed E-state index contributed by atoms with van der Waals surface area (Å²) in [6.07, 6.45) is 1.96. The first kappa shape index (κ1) is 24.8. The lowest BCUT2D eigenvalue weighted by Crippen LogP contribution is -2.52. The average Bonchev–Trinajstić information content (AvgIpc) is 3.52. The zero-order valence-corrected chi connectivity index (χ0v) is 20.2. The van der Waals surface area contributed by atoms with Gasteiger partial charge >= 0.3 is 6.18 Å². The SMILES string of the molecule is O=C(NC1(C(=O)NC2CCN(C3CCC(c4ccccc4)CC3)C2)CC1)c1cccc(C(F)(F)F)c1. The van der Waals surface area contributed by atoms with Crippen molar-refractivity contribution < 1.29 is 22.8 Å². The third kappa shape index (κ3) is 5.43. The Kier molecular flexibility index (Phi) is 6.81. The summed E-state index contributed by atoms with van der Waals surface area (Å²) < 4.78 is 39.0. The molecule has 1 aliphatic heterocycles. The fraction of sp³-hybridized carbons (Fsp3) is 0.500. The molecule has 2 aromatic rings. The first-order valence-corrected chi connectivity index (χ1v) is 12.8. The Morgan fingerprint density at radius 2 is 1.64 bits per heavy atom. The van der Waals surface area contributed by atoms with E-state index >= 15 is 0 Å². The first-order valence-electron chi connectivity index (χ1n) is 12.8. The molecule has 2 aromatic carbocycles. The van der Waals surface area contributed by atoms with Crippen molar-refractivity contribution in [2.24, 2.45) is 0 Å². The molecule has 0 aromatic heterocycles. The van der Waals surface area contributed by atoms with Crippen LogP contribution in [0.25, 0.3) is 0 Å². The summed E-state index contributed by atoms with van der Waals surface area (Å²) >= 11 is 0. The molecule has 2 saturated carbocycles. The number of nitrogens with zero attached hydrogens (tertiary/aromatic N) is 1. The third-order valence-electron chi connectivity index (χ3n) is 8.03. The standard InChI is InChI=1S/C28H32F3N3O2/c29-28(30,31)22-8-4-7-21(17-22)25(35)33-27(14-15-27)26(36)32-23-13-16-34(18-23)24-11-9-20(10-12-24)19-5-2-1-3-6-19/h1-8,17,20,23-24H,9-16,18H2,(H,32,36)(H,33,35). The summed E-state index contributed by atoms with van der Waals surface area (Å²) in [6, 6.07) is 15.5. The van der Waals surface area contributed by atoms with Gasteiger partial charge in [-0.3, -0.25) is 14.5 Å². The van der Waals surface area contributed by atoms with Gasteiger partial charge in [0.25, 0.3) is 5.91 Å². The summed E-state index contributed by atoms with van der Waals surface area (Å²) in [4.78, 5) is 28.2. The number of hydrogen-bond acceptors (Lipinski definition) is 3. The summed E-state index contributed by atoms with van der Waals surface area (Å²) in [6.45, 7) is 1.74. The molecule has 2 N–H and O–H groups in total. The van der Waals surface area contributed by atoms with E-state index in [-0.39, 0.29) is 17.5 Å². The van der Waals surface area contributed by atoms with Gasteiger partial charge in [-0.05, 0) is 74.6 Å². The molecule has 3 fully saturated rings.